The molecule has 6 nitrogen and oxygen atoms in total. The molecule has 3 rings (SSSR count). The van der Waals surface area contributed by atoms with Gasteiger partial charge in [-0.1, -0.05) is 30.3 Å². The number of carbonyl (C=O) groups is 1. The molecule has 124 valence electrons. The number of urea groups is 1. The zero-order valence-corrected chi connectivity index (χ0v) is 14.4. The van der Waals surface area contributed by atoms with Crippen molar-refractivity contribution in [1.29, 1.82) is 0 Å². The van der Waals surface area contributed by atoms with Gasteiger partial charge in [-0.15, -0.1) is 11.3 Å². The molecule has 0 saturated heterocycles. The number of anilines is 1. The molecule has 0 aliphatic heterocycles. The molecule has 7 heteroatoms. The lowest BCUT2D eigenvalue weighted by Crippen LogP contribution is -2.28. The molecule has 2 amide bonds. The Kier molecular flexibility index (Phi) is 4.90. The van der Waals surface area contributed by atoms with Gasteiger partial charge < -0.3 is 5.32 Å². The highest BCUT2D eigenvalue weighted by atomic mass is 32.1. The van der Waals surface area contributed by atoms with Crippen LogP contribution >= 0.6 is 11.3 Å². The Labute approximate surface area is 144 Å². The number of carbonyl (C=O) groups excluding carboxylic acids is 1. The molecular weight excluding hydrogens is 322 g/mol. The summed E-state index contributed by atoms with van der Waals surface area (Å²) in [7, 11) is 0. The maximum Gasteiger partial charge on any atom is 0.321 e. The first-order valence-electron chi connectivity index (χ1n) is 7.64. The molecule has 0 aliphatic rings. The van der Waals surface area contributed by atoms with E-state index in [0.29, 0.717) is 11.7 Å². The number of benzene rings is 1. The maximum absolute atomic E-state index is 11.9. The predicted octanol–water partition coefficient (Wildman–Crippen LogP) is 3.33. The van der Waals surface area contributed by atoms with E-state index in [0.717, 1.165) is 23.5 Å². The molecular formula is C17H19N5OS. The van der Waals surface area contributed by atoms with Gasteiger partial charge >= 0.3 is 6.03 Å². The Hall–Kier alpha value is -2.67. The Morgan fingerprint density at radius 2 is 2.04 bits per heavy atom. The fourth-order valence-corrected chi connectivity index (χ4v) is 3.02. The largest absolute Gasteiger partial charge is 0.334 e. The van der Waals surface area contributed by atoms with Crippen molar-refractivity contribution < 1.29 is 4.79 Å². The second kappa shape index (κ2) is 7.27. The molecule has 1 aromatic carbocycles. The molecule has 3 aromatic rings. The third-order valence-electron chi connectivity index (χ3n) is 3.79. The van der Waals surface area contributed by atoms with E-state index in [1.165, 1.54) is 16.9 Å². The normalized spacial score (nSPS) is 10.6. The fourth-order valence-electron chi connectivity index (χ4n) is 2.50. The number of amides is 2. The topological polar surface area (TPSA) is 71.8 Å². The summed E-state index contributed by atoms with van der Waals surface area (Å²) in [6.45, 7) is 5.14. The summed E-state index contributed by atoms with van der Waals surface area (Å²) in [6, 6.07) is 9.94. The summed E-state index contributed by atoms with van der Waals surface area (Å²) >= 11 is 1.39. The van der Waals surface area contributed by atoms with Crippen molar-refractivity contribution in [2.75, 3.05) is 5.32 Å². The number of rotatable bonds is 5. The zero-order valence-electron chi connectivity index (χ0n) is 13.6. The average Bonchev–Trinajstić information content (AvgIpc) is 3.16. The molecule has 2 heterocycles. The van der Waals surface area contributed by atoms with Crippen LogP contribution in [0.15, 0.2) is 41.9 Å². The summed E-state index contributed by atoms with van der Waals surface area (Å²) in [6.07, 6.45) is 1.65. The van der Waals surface area contributed by atoms with E-state index in [-0.39, 0.29) is 6.03 Å². The summed E-state index contributed by atoms with van der Waals surface area (Å²) in [4.78, 5) is 15.9. The second-order valence-corrected chi connectivity index (χ2v) is 6.33. The molecule has 0 spiro atoms. The molecule has 24 heavy (non-hydrogen) atoms. The molecule has 0 saturated carbocycles. The van der Waals surface area contributed by atoms with Crippen molar-refractivity contribution in [3.63, 3.8) is 0 Å². The summed E-state index contributed by atoms with van der Waals surface area (Å²) in [5.74, 6) is 0. The van der Waals surface area contributed by atoms with E-state index in [1.54, 1.807) is 6.20 Å². The van der Waals surface area contributed by atoms with Gasteiger partial charge in [-0.3, -0.25) is 10.00 Å². The van der Waals surface area contributed by atoms with Crippen LogP contribution in [0, 0.1) is 13.8 Å². The van der Waals surface area contributed by atoms with Crippen LogP contribution in [0.3, 0.4) is 0 Å². The summed E-state index contributed by atoms with van der Waals surface area (Å²) in [5, 5.41) is 12.6. The van der Waals surface area contributed by atoms with Crippen molar-refractivity contribution >= 4 is 22.5 Å². The van der Waals surface area contributed by atoms with E-state index in [2.05, 4.69) is 32.8 Å². The SMILES string of the molecule is Cc1nn(Cc2ccccc2)c(C)c1CNC(=O)Nc1nccs1. The van der Waals surface area contributed by atoms with Crippen molar-refractivity contribution in [3.8, 4) is 0 Å². The number of aryl methyl sites for hydroxylation is 1. The number of thiazole rings is 1. The molecule has 0 atom stereocenters. The zero-order chi connectivity index (χ0) is 16.9. The Morgan fingerprint density at radius 1 is 1.25 bits per heavy atom. The van der Waals surface area contributed by atoms with Crippen LogP contribution in [0.25, 0.3) is 0 Å². The molecule has 2 aromatic heterocycles. The van der Waals surface area contributed by atoms with Gasteiger partial charge in [0.25, 0.3) is 0 Å². The first-order chi connectivity index (χ1) is 11.6. The summed E-state index contributed by atoms with van der Waals surface area (Å²) < 4.78 is 1.97. The van der Waals surface area contributed by atoms with Crippen LogP contribution in [-0.2, 0) is 13.1 Å². The van der Waals surface area contributed by atoms with Crippen LogP contribution in [-0.4, -0.2) is 20.8 Å². The lowest BCUT2D eigenvalue weighted by Gasteiger charge is -2.07. The van der Waals surface area contributed by atoms with E-state index in [9.17, 15) is 4.79 Å². The fraction of sp³-hybridized carbons (Fsp3) is 0.235. The highest BCUT2D eigenvalue weighted by molar-refractivity contribution is 7.13. The average molecular weight is 341 g/mol. The van der Waals surface area contributed by atoms with Gasteiger partial charge in [-0.05, 0) is 19.4 Å². The van der Waals surface area contributed by atoms with Gasteiger partial charge in [0.1, 0.15) is 0 Å². The Bertz CT molecular complexity index is 811. The van der Waals surface area contributed by atoms with E-state index in [1.807, 2.05) is 42.1 Å². The molecule has 0 aliphatic carbocycles. The van der Waals surface area contributed by atoms with Crippen molar-refractivity contribution in [2.24, 2.45) is 0 Å². The maximum atomic E-state index is 11.9. The number of nitrogens with one attached hydrogen (secondary N) is 2. The van der Waals surface area contributed by atoms with Crippen LogP contribution < -0.4 is 10.6 Å². The minimum atomic E-state index is -0.264. The molecule has 0 unspecified atom stereocenters. The molecule has 0 bridgehead atoms. The monoisotopic (exact) mass is 341 g/mol. The first kappa shape index (κ1) is 16.2. The third kappa shape index (κ3) is 3.80. The minimum absolute atomic E-state index is 0.264. The number of hydrogen-bond acceptors (Lipinski definition) is 4. The van der Waals surface area contributed by atoms with Gasteiger partial charge in [-0.2, -0.15) is 5.10 Å². The lowest BCUT2D eigenvalue weighted by atomic mass is 10.2. The Morgan fingerprint density at radius 3 is 2.75 bits per heavy atom. The van der Waals surface area contributed by atoms with Gasteiger partial charge in [0.15, 0.2) is 5.13 Å². The number of hydrogen-bond donors (Lipinski definition) is 2. The highest BCUT2D eigenvalue weighted by Gasteiger charge is 2.13. The smallest absolute Gasteiger partial charge is 0.321 e. The van der Waals surface area contributed by atoms with Gasteiger partial charge in [-0.25, -0.2) is 9.78 Å². The van der Waals surface area contributed by atoms with Crippen molar-refractivity contribution in [3.05, 3.63) is 64.4 Å². The van der Waals surface area contributed by atoms with E-state index >= 15 is 0 Å². The van der Waals surface area contributed by atoms with Gasteiger partial charge in [0, 0.05) is 29.4 Å². The van der Waals surface area contributed by atoms with Crippen molar-refractivity contribution in [2.45, 2.75) is 26.9 Å². The second-order valence-electron chi connectivity index (χ2n) is 5.44. The number of aromatic nitrogens is 3. The van der Waals surface area contributed by atoms with E-state index in [4.69, 9.17) is 0 Å². The summed E-state index contributed by atoms with van der Waals surface area (Å²) in [5.41, 5.74) is 4.23. The first-order valence-corrected chi connectivity index (χ1v) is 8.52. The highest BCUT2D eigenvalue weighted by Crippen LogP contribution is 2.15. The van der Waals surface area contributed by atoms with Crippen LogP contribution in [0.4, 0.5) is 9.93 Å². The molecule has 0 fully saturated rings. The van der Waals surface area contributed by atoms with Crippen LogP contribution in [0.2, 0.25) is 0 Å². The standard InChI is InChI=1S/C17H19N5OS/c1-12-15(10-19-16(23)20-17-18-8-9-24-17)13(2)22(21-12)11-14-6-4-3-5-7-14/h3-9H,10-11H2,1-2H3,(H2,18,19,20,23). The van der Waals surface area contributed by atoms with Crippen LogP contribution in [0.1, 0.15) is 22.5 Å². The third-order valence-corrected chi connectivity index (χ3v) is 4.47. The van der Waals surface area contributed by atoms with Crippen LogP contribution in [0.5, 0.6) is 0 Å². The quantitative estimate of drug-likeness (QED) is 0.748. The van der Waals surface area contributed by atoms with Gasteiger partial charge in [0.2, 0.25) is 0 Å². The molecule has 0 radical (unpaired) electrons. The van der Waals surface area contributed by atoms with Crippen molar-refractivity contribution in [1.82, 2.24) is 20.1 Å². The predicted molar refractivity (Wildman–Crippen MR) is 95.2 cm³/mol. The number of nitrogens with zero attached hydrogens (tertiary/aromatic N) is 3. The lowest BCUT2D eigenvalue weighted by molar-refractivity contribution is 0.251. The molecule has 2 N–H and O–H groups in total. The minimum Gasteiger partial charge on any atom is -0.334 e. The Balaban J connectivity index is 1.64. The van der Waals surface area contributed by atoms with E-state index < -0.39 is 0 Å². The van der Waals surface area contributed by atoms with Gasteiger partial charge in [0.05, 0.1) is 12.2 Å².